The van der Waals surface area contributed by atoms with Crippen molar-refractivity contribution in [3.8, 4) is 5.75 Å². The molecule has 0 aromatic heterocycles. The van der Waals surface area contributed by atoms with E-state index in [1.54, 1.807) is 24.3 Å². The maximum absolute atomic E-state index is 12.0. The topological polar surface area (TPSA) is 38.3 Å². The Bertz CT molecular complexity index is 699. The Hall–Kier alpha value is -1.97. The number of rotatable bonds is 5. The lowest BCUT2D eigenvalue weighted by atomic mass is 10.2. The molecule has 1 amide bonds. The molecule has 0 radical (unpaired) electrons. The van der Waals surface area contributed by atoms with Gasteiger partial charge >= 0.3 is 0 Å². The van der Waals surface area contributed by atoms with E-state index in [2.05, 4.69) is 5.32 Å². The van der Waals surface area contributed by atoms with E-state index in [1.807, 2.05) is 31.2 Å². The second-order valence-corrected chi connectivity index (χ2v) is 5.26. The minimum Gasteiger partial charge on any atom is -0.493 e. The Morgan fingerprint density at radius 1 is 1.23 bits per heavy atom. The molecule has 2 aromatic rings. The zero-order chi connectivity index (χ0) is 15.9. The average Bonchev–Trinajstić information content (AvgIpc) is 2.49. The highest BCUT2D eigenvalue weighted by atomic mass is 35.5. The fourth-order valence-corrected chi connectivity index (χ4v) is 2.29. The highest BCUT2D eigenvalue weighted by Crippen LogP contribution is 2.25. The quantitative estimate of drug-likeness (QED) is 0.777. The average molecular weight is 336 g/mol. The number of nitrogens with one attached hydrogen (secondary N) is 1. The Labute approximate surface area is 139 Å². The third-order valence-electron chi connectivity index (χ3n) is 2.82. The highest BCUT2D eigenvalue weighted by Gasteiger charge is 2.04. The Kier molecular flexibility index (Phi) is 5.87. The summed E-state index contributed by atoms with van der Waals surface area (Å²) in [5.74, 6) is 0.453. The maximum Gasteiger partial charge on any atom is 0.248 e. The highest BCUT2D eigenvalue weighted by molar-refractivity contribution is 6.36. The van der Waals surface area contributed by atoms with E-state index >= 15 is 0 Å². The zero-order valence-corrected chi connectivity index (χ0v) is 13.5. The van der Waals surface area contributed by atoms with Crippen molar-refractivity contribution in [2.45, 2.75) is 6.92 Å². The molecule has 0 unspecified atom stereocenters. The van der Waals surface area contributed by atoms with Crippen molar-refractivity contribution in [3.63, 3.8) is 0 Å². The van der Waals surface area contributed by atoms with Crippen LogP contribution in [-0.2, 0) is 4.79 Å². The molecule has 0 spiro atoms. The molecule has 22 heavy (non-hydrogen) atoms. The number of para-hydroxylation sites is 1. The van der Waals surface area contributed by atoms with Crippen LogP contribution in [0.5, 0.6) is 5.75 Å². The van der Waals surface area contributed by atoms with Gasteiger partial charge in [-0.05, 0) is 37.3 Å². The minimum atomic E-state index is -0.282. The summed E-state index contributed by atoms with van der Waals surface area (Å²) >= 11 is 11.8. The second kappa shape index (κ2) is 7.87. The van der Waals surface area contributed by atoms with Gasteiger partial charge in [-0.15, -0.1) is 0 Å². The lowest BCUT2D eigenvalue weighted by molar-refractivity contribution is -0.111. The van der Waals surface area contributed by atoms with Crippen LogP contribution in [-0.4, -0.2) is 12.5 Å². The third kappa shape index (κ3) is 4.52. The molecule has 1 N–H and O–H groups in total. The number of carbonyl (C=O) groups is 1. The molecule has 114 valence electrons. The Balaban J connectivity index is 2.08. The molecule has 3 nitrogen and oxygen atoms in total. The molecule has 0 aliphatic carbocycles. The van der Waals surface area contributed by atoms with Gasteiger partial charge in [0.15, 0.2) is 0 Å². The summed E-state index contributed by atoms with van der Waals surface area (Å²) < 4.78 is 5.50. The lowest BCUT2D eigenvalue weighted by Crippen LogP contribution is -2.08. The molecule has 0 saturated carbocycles. The Morgan fingerprint density at radius 2 is 2.00 bits per heavy atom. The second-order valence-electron chi connectivity index (χ2n) is 4.42. The molecular weight excluding hydrogens is 321 g/mol. The molecule has 2 aromatic carbocycles. The van der Waals surface area contributed by atoms with Crippen LogP contribution in [0.15, 0.2) is 48.5 Å². The number of hydrogen-bond acceptors (Lipinski definition) is 2. The van der Waals surface area contributed by atoms with Gasteiger partial charge in [0.25, 0.3) is 0 Å². The number of benzene rings is 2. The van der Waals surface area contributed by atoms with Crippen molar-refractivity contribution >= 4 is 40.9 Å². The first kappa shape index (κ1) is 16.4. The van der Waals surface area contributed by atoms with Crippen molar-refractivity contribution in [1.82, 2.24) is 0 Å². The first-order chi connectivity index (χ1) is 10.6. The smallest absolute Gasteiger partial charge is 0.248 e. The van der Waals surface area contributed by atoms with Gasteiger partial charge in [0.2, 0.25) is 5.91 Å². The van der Waals surface area contributed by atoms with Gasteiger partial charge in [-0.1, -0.05) is 41.4 Å². The van der Waals surface area contributed by atoms with E-state index < -0.39 is 0 Å². The van der Waals surface area contributed by atoms with Crippen LogP contribution < -0.4 is 10.1 Å². The van der Waals surface area contributed by atoms with E-state index in [0.29, 0.717) is 22.3 Å². The number of halogens is 2. The minimum absolute atomic E-state index is 0.282. The molecule has 5 heteroatoms. The molecule has 0 fully saturated rings. The van der Waals surface area contributed by atoms with E-state index in [-0.39, 0.29) is 5.91 Å². The van der Waals surface area contributed by atoms with Crippen molar-refractivity contribution in [2.24, 2.45) is 0 Å². The number of anilines is 1. The summed E-state index contributed by atoms with van der Waals surface area (Å²) in [5.41, 5.74) is 1.35. The number of carbonyl (C=O) groups excluding carboxylic acids is 1. The van der Waals surface area contributed by atoms with E-state index in [0.717, 1.165) is 11.3 Å². The van der Waals surface area contributed by atoms with Gasteiger partial charge < -0.3 is 10.1 Å². The summed E-state index contributed by atoms with van der Waals surface area (Å²) in [7, 11) is 0. The monoisotopic (exact) mass is 335 g/mol. The molecule has 0 saturated heterocycles. The molecule has 0 bridgehead atoms. The molecule has 0 aliphatic heterocycles. The summed E-state index contributed by atoms with van der Waals surface area (Å²) in [6.07, 6.45) is 3.13. The van der Waals surface area contributed by atoms with Gasteiger partial charge in [0.05, 0.1) is 17.3 Å². The van der Waals surface area contributed by atoms with Gasteiger partial charge in [0.1, 0.15) is 5.75 Å². The van der Waals surface area contributed by atoms with E-state index in [9.17, 15) is 4.79 Å². The van der Waals surface area contributed by atoms with Crippen LogP contribution >= 0.6 is 23.2 Å². The number of amides is 1. The van der Waals surface area contributed by atoms with Crippen molar-refractivity contribution in [2.75, 3.05) is 11.9 Å². The maximum atomic E-state index is 12.0. The first-order valence-corrected chi connectivity index (χ1v) is 7.51. The van der Waals surface area contributed by atoms with Gasteiger partial charge in [0, 0.05) is 16.7 Å². The molecular formula is C17H15Cl2NO2. The lowest BCUT2D eigenvalue weighted by Gasteiger charge is -2.07. The molecule has 0 aliphatic rings. The molecule has 0 atom stereocenters. The van der Waals surface area contributed by atoms with Crippen LogP contribution in [0.2, 0.25) is 10.0 Å². The predicted octanol–water partition coefficient (Wildman–Crippen LogP) is 5.04. The predicted molar refractivity (Wildman–Crippen MR) is 91.7 cm³/mol. The van der Waals surface area contributed by atoms with Crippen molar-refractivity contribution in [1.29, 1.82) is 0 Å². The SMILES string of the molecule is CCOc1ccccc1/C=C/C(=O)Nc1ccc(Cl)cc1Cl. The standard InChI is InChI=1S/C17H15Cl2NO2/c1-2-22-16-6-4-3-5-12(16)7-10-17(21)20-15-9-8-13(18)11-14(15)19/h3-11H,2H2,1H3,(H,20,21)/b10-7+. The normalized spacial score (nSPS) is 10.7. The van der Waals surface area contributed by atoms with Crippen LogP contribution in [0.4, 0.5) is 5.69 Å². The number of ether oxygens (including phenoxy) is 1. The molecule has 0 heterocycles. The van der Waals surface area contributed by atoms with E-state index in [4.69, 9.17) is 27.9 Å². The Morgan fingerprint density at radius 3 is 2.73 bits per heavy atom. The number of hydrogen-bond donors (Lipinski definition) is 1. The van der Waals surface area contributed by atoms with Crippen LogP contribution in [0, 0.1) is 0 Å². The fourth-order valence-electron chi connectivity index (χ4n) is 1.84. The van der Waals surface area contributed by atoms with Crippen molar-refractivity contribution in [3.05, 3.63) is 64.1 Å². The van der Waals surface area contributed by atoms with Gasteiger partial charge in [-0.2, -0.15) is 0 Å². The van der Waals surface area contributed by atoms with Crippen LogP contribution in [0.1, 0.15) is 12.5 Å². The summed E-state index contributed by atoms with van der Waals surface area (Å²) in [6.45, 7) is 2.48. The van der Waals surface area contributed by atoms with E-state index in [1.165, 1.54) is 6.08 Å². The third-order valence-corrected chi connectivity index (χ3v) is 3.37. The summed E-state index contributed by atoms with van der Waals surface area (Å²) in [5, 5.41) is 3.61. The zero-order valence-electron chi connectivity index (χ0n) is 12.0. The molecule has 2 rings (SSSR count). The van der Waals surface area contributed by atoms with Crippen molar-refractivity contribution < 1.29 is 9.53 Å². The summed E-state index contributed by atoms with van der Waals surface area (Å²) in [4.78, 5) is 12.0. The largest absolute Gasteiger partial charge is 0.493 e. The summed E-state index contributed by atoms with van der Waals surface area (Å²) in [6, 6.07) is 12.4. The van der Waals surface area contributed by atoms with Gasteiger partial charge in [-0.25, -0.2) is 0 Å². The fraction of sp³-hybridized carbons (Fsp3) is 0.118. The van der Waals surface area contributed by atoms with Crippen LogP contribution in [0.25, 0.3) is 6.08 Å². The first-order valence-electron chi connectivity index (χ1n) is 6.76. The van der Waals surface area contributed by atoms with Gasteiger partial charge in [-0.3, -0.25) is 4.79 Å². The van der Waals surface area contributed by atoms with Crippen LogP contribution in [0.3, 0.4) is 0 Å².